The minimum atomic E-state index is 0.00708. The zero-order valence-electron chi connectivity index (χ0n) is 9.55. The molecule has 3 N–H and O–H groups in total. The lowest BCUT2D eigenvalue weighted by Crippen LogP contribution is -2.16. The molecule has 1 heterocycles. The summed E-state index contributed by atoms with van der Waals surface area (Å²) in [5, 5.41) is 11.5. The van der Waals surface area contributed by atoms with E-state index in [0.29, 0.717) is 24.0 Å². The second-order valence-electron chi connectivity index (χ2n) is 3.87. The average molecular weight is 223 g/mol. The molecule has 0 amide bonds. The average Bonchev–Trinajstić information content (AvgIpc) is 2.28. The molecule has 1 aromatic heterocycles. The first-order chi connectivity index (χ1) is 7.65. The van der Waals surface area contributed by atoms with Gasteiger partial charge in [-0.25, -0.2) is 4.98 Å². The minimum absolute atomic E-state index is 0.00708. The molecular weight excluding hydrogens is 206 g/mol. The van der Waals surface area contributed by atoms with Crippen molar-refractivity contribution >= 4 is 5.84 Å². The minimum Gasteiger partial charge on any atom is -0.477 e. The van der Waals surface area contributed by atoms with Crippen molar-refractivity contribution in [3.05, 3.63) is 23.9 Å². The quantitative estimate of drug-likeness (QED) is 0.344. The van der Waals surface area contributed by atoms with Crippen LogP contribution in [0, 0.1) is 5.92 Å². The third-order valence-corrected chi connectivity index (χ3v) is 2.09. The standard InChI is InChI=1S/C11H17N3O2/c1-8(2)5-7-16-11-9(10(12)14-15)4-3-6-13-11/h3-4,6,8,15H,5,7H2,1-2H3,(H2,12,14). The van der Waals surface area contributed by atoms with Gasteiger partial charge in [-0.3, -0.25) is 0 Å². The Morgan fingerprint density at radius 2 is 2.38 bits per heavy atom. The Morgan fingerprint density at radius 3 is 3.00 bits per heavy atom. The molecule has 0 atom stereocenters. The molecule has 16 heavy (non-hydrogen) atoms. The normalized spacial score (nSPS) is 11.8. The molecule has 0 saturated carbocycles. The van der Waals surface area contributed by atoms with E-state index < -0.39 is 0 Å². The maximum Gasteiger partial charge on any atom is 0.224 e. The smallest absolute Gasteiger partial charge is 0.224 e. The van der Waals surface area contributed by atoms with E-state index in [0.717, 1.165) is 6.42 Å². The van der Waals surface area contributed by atoms with E-state index in [-0.39, 0.29) is 5.84 Å². The molecule has 0 aliphatic carbocycles. The summed E-state index contributed by atoms with van der Waals surface area (Å²) in [6.45, 7) is 4.80. The molecule has 0 fully saturated rings. The van der Waals surface area contributed by atoms with Gasteiger partial charge in [0.1, 0.15) is 0 Å². The van der Waals surface area contributed by atoms with Gasteiger partial charge in [0.2, 0.25) is 5.88 Å². The second-order valence-corrected chi connectivity index (χ2v) is 3.87. The molecule has 0 aromatic carbocycles. The Morgan fingerprint density at radius 1 is 1.62 bits per heavy atom. The van der Waals surface area contributed by atoms with Gasteiger partial charge in [0, 0.05) is 6.20 Å². The van der Waals surface area contributed by atoms with Crippen molar-refractivity contribution in [1.29, 1.82) is 0 Å². The fraction of sp³-hybridized carbons (Fsp3) is 0.455. The summed E-state index contributed by atoms with van der Waals surface area (Å²) in [5.41, 5.74) is 6.01. The predicted molar refractivity (Wildman–Crippen MR) is 61.7 cm³/mol. The Kier molecular flexibility index (Phi) is 4.57. The predicted octanol–water partition coefficient (Wildman–Crippen LogP) is 1.60. The number of amidine groups is 1. The van der Waals surface area contributed by atoms with E-state index in [4.69, 9.17) is 15.7 Å². The summed E-state index contributed by atoms with van der Waals surface area (Å²) in [5.74, 6) is 0.974. The van der Waals surface area contributed by atoms with Crippen molar-refractivity contribution in [2.45, 2.75) is 20.3 Å². The number of hydrogen-bond acceptors (Lipinski definition) is 4. The van der Waals surface area contributed by atoms with Gasteiger partial charge in [0.05, 0.1) is 12.2 Å². The van der Waals surface area contributed by atoms with Gasteiger partial charge >= 0.3 is 0 Å². The summed E-state index contributed by atoms with van der Waals surface area (Å²) in [6, 6.07) is 3.41. The van der Waals surface area contributed by atoms with Crippen molar-refractivity contribution in [3.8, 4) is 5.88 Å². The SMILES string of the molecule is CC(C)CCOc1ncccc1/C(N)=N/O. The molecular formula is C11H17N3O2. The van der Waals surface area contributed by atoms with Gasteiger partial charge in [-0.2, -0.15) is 0 Å². The van der Waals surface area contributed by atoms with E-state index in [1.807, 2.05) is 0 Å². The number of nitrogens with two attached hydrogens (primary N) is 1. The third-order valence-electron chi connectivity index (χ3n) is 2.09. The van der Waals surface area contributed by atoms with Crippen molar-refractivity contribution in [2.75, 3.05) is 6.61 Å². The monoisotopic (exact) mass is 223 g/mol. The number of aromatic nitrogens is 1. The van der Waals surface area contributed by atoms with Crippen molar-refractivity contribution < 1.29 is 9.94 Å². The lowest BCUT2D eigenvalue weighted by atomic mass is 10.1. The van der Waals surface area contributed by atoms with E-state index >= 15 is 0 Å². The molecule has 88 valence electrons. The van der Waals surface area contributed by atoms with Crippen LogP contribution in [0.25, 0.3) is 0 Å². The Hall–Kier alpha value is -1.78. The molecule has 0 saturated heterocycles. The Bertz CT molecular complexity index is 364. The molecule has 0 aliphatic rings. The van der Waals surface area contributed by atoms with Crippen LogP contribution in [-0.4, -0.2) is 22.6 Å². The topological polar surface area (TPSA) is 80.7 Å². The van der Waals surface area contributed by atoms with Crippen LogP contribution in [0.3, 0.4) is 0 Å². The zero-order chi connectivity index (χ0) is 12.0. The van der Waals surface area contributed by atoms with Crippen molar-refractivity contribution in [2.24, 2.45) is 16.8 Å². The number of ether oxygens (including phenoxy) is 1. The van der Waals surface area contributed by atoms with Crippen LogP contribution in [0.4, 0.5) is 0 Å². The zero-order valence-corrected chi connectivity index (χ0v) is 9.55. The number of oxime groups is 1. The highest BCUT2D eigenvalue weighted by atomic mass is 16.5. The van der Waals surface area contributed by atoms with Crippen molar-refractivity contribution in [1.82, 2.24) is 4.98 Å². The largest absolute Gasteiger partial charge is 0.477 e. The number of pyridine rings is 1. The Labute approximate surface area is 94.9 Å². The van der Waals surface area contributed by atoms with Crippen LogP contribution in [0.5, 0.6) is 5.88 Å². The van der Waals surface area contributed by atoms with Gasteiger partial charge in [-0.1, -0.05) is 19.0 Å². The first-order valence-electron chi connectivity index (χ1n) is 5.21. The van der Waals surface area contributed by atoms with Crippen molar-refractivity contribution in [3.63, 3.8) is 0 Å². The number of rotatable bonds is 5. The van der Waals surface area contributed by atoms with Gasteiger partial charge in [-0.05, 0) is 24.5 Å². The summed E-state index contributed by atoms with van der Waals surface area (Å²) in [4.78, 5) is 4.05. The first kappa shape index (κ1) is 12.3. The summed E-state index contributed by atoms with van der Waals surface area (Å²) >= 11 is 0. The fourth-order valence-electron chi connectivity index (χ4n) is 1.15. The van der Waals surface area contributed by atoms with Gasteiger partial charge in [0.25, 0.3) is 0 Å². The lowest BCUT2D eigenvalue weighted by Gasteiger charge is -2.10. The molecule has 0 radical (unpaired) electrons. The summed E-state index contributed by atoms with van der Waals surface area (Å²) in [7, 11) is 0. The molecule has 5 heteroatoms. The third kappa shape index (κ3) is 3.42. The summed E-state index contributed by atoms with van der Waals surface area (Å²) in [6.07, 6.45) is 2.55. The van der Waals surface area contributed by atoms with Gasteiger partial charge < -0.3 is 15.7 Å². The van der Waals surface area contributed by atoms with E-state index in [1.54, 1.807) is 18.3 Å². The van der Waals surface area contributed by atoms with Crippen LogP contribution >= 0.6 is 0 Å². The molecule has 0 bridgehead atoms. The maximum absolute atomic E-state index is 8.61. The molecule has 0 spiro atoms. The van der Waals surface area contributed by atoms with E-state index in [2.05, 4.69) is 24.0 Å². The van der Waals surface area contributed by atoms with E-state index in [1.165, 1.54) is 0 Å². The number of nitrogens with zero attached hydrogens (tertiary/aromatic N) is 2. The highest BCUT2D eigenvalue weighted by molar-refractivity contribution is 5.98. The number of hydrogen-bond donors (Lipinski definition) is 2. The molecule has 0 unspecified atom stereocenters. The second kappa shape index (κ2) is 5.95. The highest BCUT2D eigenvalue weighted by Crippen LogP contribution is 2.14. The van der Waals surface area contributed by atoms with Gasteiger partial charge in [0.15, 0.2) is 5.84 Å². The lowest BCUT2D eigenvalue weighted by molar-refractivity contribution is 0.278. The summed E-state index contributed by atoms with van der Waals surface area (Å²) < 4.78 is 5.49. The van der Waals surface area contributed by atoms with E-state index in [9.17, 15) is 0 Å². The first-order valence-corrected chi connectivity index (χ1v) is 5.21. The highest BCUT2D eigenvalue weighted by Gasteiger charge is 2.08. The molecule has 1 aromatic rings. The van der Waals surface area contributed by atoms with Crippen LogP contribution in [0.1, 0.15) is 25.8 Å². The molecule has 0 aliphatic heterocycles. The fourth-order valence-corrected chi connectivity index (χ4v) is 1.15. The molecule has 5 nitrogen and oxygen atoms in total. The van der Waals surface area contributed by atoms with Gasteiger partial charge in [-0.15, -0.1) is 0 Å². The van der Waals surface area contributed by atoms with Crippen LogP contribution < -0.4 is 10.5 Å². The van der Waals surface area contributed by atoms with Crippen LogP contribution in [0.15, 0.2) is 23.5 Å². The maximum atomic E-state index is 8.61. The van der Waals surface area contributed by atoms with Crippen LogP contribution in [0.2, 0.25) is 0 Å². The molecule has 1 rings (SSSR count). The van der Waals surface area contributed by atoms with Crippen LogP contribution in [-0.2, 0) is 0 Å². The Balaban J connectivity index is 2.72.